The van der Waals surface area contributed by atoms with E-state index in [1.807, 2.05) is 0 Å². The van der Waals surface area contributed by atoms with E-state index in [9.17, 15) is 0 Å². The van der Waals surface area contributed by atoms with Gasteiger partial charge in [0, 0.05) is 33.2 Å². The van der Waals surface area contributed by atoms with E-state index in [1.165, 1.54) is 45.3 Å². The van der Waals surface area contributed by atoms with Gasteiger partial charge in [0.2, 0.25) is 0 Å². The van der Waals surface area contributed by atoms with E-state index < -0.39 is 0 Å². The van der Waals surface area contributed by atoms with E-state index in [1.54, 1.807) is 7.11 Å². The van der Waals surface area contributed by atoms with Crippen LogP contribution in [0.3, 0.4) is 0 Å². The van der Waals surface area contributed by atoms with Crippen molar-refractivity contribution in [3.63, 3.8) is 0 Å². The zero-order valence-corrected chi connectivity index (χ0v) is 10.3. The second kappa shape index (κ2) is 4.28. The molecule has 0 bridgehead atoms. The first-order chi connectivity index (χ1) is 7.80. The van der Waals surface area contributed by atoms with Gasteiger partial charge in [0.1, 0.15) is 0 Å². The Balaban J connectivity index is 1.49. The fraction of sp³-hybridized carbons (Fsp3) is 1.00. The van der Waals surface area contributed by atoms with Crippen LogP contribution in [-0.4, -0.2) is 50.0 Å². The molecule has 92 valence electrons. The first-order valence-corrected chi connectivity index (χ1v) is 6.69. The molecule has 0 amide bonds. The van der Waals surface area contributed by atoms with E-state index in [4.69, 9.17) is 9.47 Å². The molecule has 2 heterocycles. The van der Waals surface area contributed by atoms with Crippen LogP contribution < -0.4 is 0 Å². The molecular weight excluding hydrogens is 202 g/mol. The van der Waals surface area contributed by atoms with E-state index in [-0.39, 0.29) is 5.60 Å². The zero-order chi connectivity index (χ0) is 11.0. The molecule has 1 saturated carbocycles. The summed E-state index contributed by atoms with van der Waals surface area (Å²) in [6.45, 7) is 4.60. The van der Waals surface area contributed by atoms with Crippen molar-refractivity contribution in [1.29, 1.82) is 0 Å². The Morgan fingerprint density at radius 1 is 1.31 bits per heavy atom. The lowest BCUT2D eigenvalue weighted by molar-refractivity contribution is -0.0452. The minimum atomic E-state index is 0.167. The van der Waals surface area contributed by atoms with Gasteiger partial charge in [-0.2, -0.15) is 0 Å². The van der Waals surface area contributed by atoms with Gasteiger partial charge in [-0.25, -0.2) is 0 Å². The second-order valence-electron chi connectivity index (χ2n) is 5.80. The lowest BCUT2D eigenvalue weighted by Crippen LogP contribution is -2.44. The van der Waals surface area contributed by atoms with Gasteiger partial charge in [0.05, 0.1) is 18.3 Å². The van der Waals surface area contributed by atoms with Crippen molar-refractivity contribution in [1.82, 2.24) is 4.90 Å². The minimum absolute atomic E-state index is 0.167. The largest absolute Gasteiger partial charge is 0.379 e. The molecule has 0 aromatic heterocycles. The zero-order valence-electron chi connectivity index (χ0n) is 10.3. The second-order valence-corrected chi connectivity index (χ2v) is 5.80. The predicted octanol–water partition coefficient (Wildman–Crippen LogP) is 1.67. The Kier molecular flexibility index (Phi) is 2.94. The quantitative estimate of drug-likeness (QED) is 0.729. The van der Waals surface area contributed by atoms with Gasteiger partial charge in [0.25, 0.3) is 0 Å². The molecular formula is C13H23NO2. The molecule has 3 aliphatic rings. The van der Waals surface area contributed by atoms with Crippen molar-refractivity contribution in [3.05, 3.63) is 0 Å². The number of nitrogens with zero attached hydrogens (tertiary/aromatic N) is 1. The van der Waals surface area contributed by atoms with Crippen LogP contribution in [0.1, 0.15) is 32.1 Å². The van der Waals surface area contributed by atoms with E-state index in [2.05, 4.69) is 4.90 Å². The van der Waals surface area contributed by atoms with Gasteiger partial charge in [-0.05, 0) is 31.6 Å². The summed E-state index contributed by atoms with van der Waals surface area (Å²) in [4.78, 5) is 2.63. The van der Waals surface area contributed by atoms with E-state index in [0.717, 1.165) is 18.9 Å². The molecule has 0 unspecified atom stereocenters. The Bertz CT molecular complexity index is 244. The lowest BCUT2D eigenvalue weighted by Gasteiger charge is -2.38. The van der Waals surface area contributed by atoms with Gasteiger partial charge in [-0.15, -0.1) is 0 Å². The summed E-state index contributed by atoms with van der Waals surface area (Å²) in [6, 6.07) is 0. The summed E-state index contributed by atoms with van der Waals surface area (Å²) in [5.74, 6) is 1.02. The Hall–Kier alpha value is -0.120. The molecule has 0 radical (unpaired) electrons. The summed E-state index contributed by atoms with van der Waals surface area (Å²) in [5.41, 5.74) is 0.167. The third-order valence-electron chi connectivity index (χ3n) is 4.49. The molecule has 1 aliphatic carbocycles. The van der Waals surface area contributed by atoms with E-state index in [0.29, 0.717) is 6.10 Å². The van der Waals surface area contributed by atoms with Crippen molar-refractivity contribution in [2.24, 2.45) is 5.92 Å². The number of hydrogen-bond acceptors (Lipinski definition) is 3. The maximum absolute atomic E-state index is 6.00. The molecule has 1 atom stereocenters. The maximum atomic E-state index is 6.00. The third-order valence-corrected chi connectivity index (χ3v) is 4.49. The fourth-order valence-corrected chi connectivity index (χ4v) is 3.11. The van der Waals surface area contributed by atoms with Crippen molar-refractivity contribution < 1.29 is 9.47 Å². The summed E-state index contributed by atoms with van der Waals surface area (Å²) in [6.07, 6.45) is 6.79. The van der Waals surface area contributed by atoms with Gasteiger partial charge in [-0.3, -0.25) is 0 Å². The highest BCUT2D eigenvalue weighted by molar-refractivity contribution is 4.94. The molecule has 3 fully saturated rings. The van der Waals surface area contributed by atoms with E-state index >= 15 is 0 Å². The van der Waals surface area contributed by atoms with Gasteiger partial charge in [-0.1, -0.05) is 0 Å². The van der Waals surface area contributed by atoms with Gasteiger partial charge in [0.15, 0.2) is 0 Å². The summed E-state index contributed by atoms with van der Waals surface area (Å²) >= 11 is 0. The first-order valence-electron chi connectivity index (χ1n) is 6.69. The van der Waals surface area contributed by atoms with Crippen LogP contribution in [0.5, 0.6) is 0 Å². The SMILES string of the molecule is CO[C@@H]1COC2(CCN(CC3CC3)CC2)C1. The number of hydrogen-bond donors (Lipinski definition) is 0. The van der Waals surface area contributed by atoms with Crippen LogP contribution >= 0.6 is 0 Å². The van der Waals surface area contributed by atoms with Crippen molar-refractivity contribution in [2.45, 2.75) is 43.8 Å². The standard InChI is InChI=1S/C13H23NO2/c1-15-12-8-13(16-10-12)4-6-14(7-5-13)9-11-2-3-11/h11-12H,2-10H2,1H3/t12-/m0/s1. The molecule has 1 spiro atoms. The smallest absolute Gasteiger partial charge is 0.0832 e. The molecule has 0 aromatic rings. The van der Waals surface area contributed by atoms with Crippen LogP contribution in [0.15, 0.2) is 0 Å². The van der Waals surface area contributed by atoms with Crippen LogP contribution in [0.2, 0.25) is 0 Å². The minimum Gasteiger partial charge on any atom is -0.379 e. The molecule has 2 aliphatic heterocycles. The Labute approximate surface area is 98.1 Å². The van der Waals surface area contributed by atoms with Crippen LogP contribution in [0, 0.1) is 5.92 Å². The first kappa shape index (κ1) is 11.0. The summed E-state index contributed by atoms with van der Waals surface area (Å²) < 4.78 is 11.4. The van der Waals surface area contributed by atoms with Crippen LogP contribution in [0.4, 0.5) is 0 Å². The third kappa shape index (κ3) is 2.27. The molecule has 3 nitrogen and oxygen atoms in total. The number of piperidine rings is 1. The fourth-order valence-electron chi connectivity index (χ4n) is 3.11. The van der Waals surface area contributed by atoms with Crippen LogP contribution in [-0.2, 0) is 9.47 Å². The predicted molar refractivity (Wildman–Crippen MR) is 62.5 cm³/mol. The average Bonchev–Trinajstić information content (AvgIpc) is 3.03. The highest BCUT2D eigenvalue weighted by Crippen LogP contribution is 2.38. The van der Waals surface area contributed by atoms with Crippen LogP contribution in [0.25, 0.3) is 0 Å². The van der Waals surface area contributed by atoms with Crippen molar-refractivity contribution in [3.8, 4) is 0 Å². The van der Waals surface area contributed by atoms with Gasteiger partial charge >= 0.3 is 0 Å². The highest BCUT2D eigenvalue weighted by Gasteiger charge is 2.43. The van der Waals surface area contributed by atoms with Gasteiger partial charge < -0.3 is 14.4 Å². The number of rotatable bonds is 3. The Morgan fingerprint density at radius 2 is 2.06 bits per heavy atom. The van der Waals surface area contributed by atoms with Crippen molar-refractivity contribution >= 4 is 0 Å². The number of ether oxygens (including phenoxy) is 2. The molecule has 3 rings (SSSR count). The van der Waals surface area contributed by atoms with Crippen molar-refractivity contribution in [2.75, 3.05) is 33.4 Å². The molecule has 0 aromatic carbocycles. The molecule has 3 heteroatoms. The number of likely N-dealkylation sites (tertiary alicyclic amines) is 1. The molecule has 0 N–H and O–H groups in total. The average molecular weight is 225 g/mol. The lowest BCUT2D eigenvalue weighted by atomic mass is 9.88. The highest BCUT2D eigenvalue weighted by atomic mass is 16.6. The summed E-state index contributed by atoms with van der Waals surface area (Å²) in [5, 5.41) is 0. The maximum Gasteiger partial charge on any atom is 0.0832 e. The monoisotopic (exact) mass is 225 g/mol. The normalized spacial score (nSPS) is 34.7. The molecule has 2 saturated heterocycles. The number of methoxy groups -OCH3 is 1. The topological polar surface area (TPSA) is 21.7 Å². The Morgan fingerprint density at radius 3 is 2.62 bits per heavy atom. The molecule has 16 heavy (non-hydrogen) atoms. The summed E-state index contributed by atoms with van der Waals surface area (Å²) in [7, 11) is 1.80.